The van der Waals surface area contributed by atoms with Gasteiger partial charge in [-0.05, 0) is 48.4 Å². The van der Waals surface area contributed by atoms with Gasteiger partial charge in [-0.3, -0.25) is 9.69 Å². The number of piperazine rings is 1. The highest BCUT2D eigenvalue weighted by atomic mass is 16.7. The fourth-order valence-corrected chi connectivity index (χ4v) is 5.67. The van der Waals surface area contributed by atoms with Gasteiger partial charge in [0, 0.05) is 43.2 Å². The third-order valence-corrected chi connectivity index (χ3v) is 7.41. The molecule has 180 valence electrons. The lowest BCUT2D eigenvalue weighted by Crippen LogP contribution is -2.49. The minimum absolute atomic E-state index is 0.117. The van der Waals surface area contributed by atoms with Gasteiger partial charge in [0.25, 0.3) is 5.56 Å². The summed E-state index contributed by atoms with van der Waals surface area (Å²) in [6.07, 6.45) is 5.67. The van der Waals surface area contributed by atoms with E-state index in [1.54, 1.807) is 0 Å². The zero-order valence-electron chi connectivity index (χ0n) is 19.6. The SMILES string of the molecule is CCCN1CCN([C@H](c2cc3cc4c(cc3[nH]c2=O)OCO4)c2nnnn2C2CCCC2)CC1. The van der Waals surface area contributed by atoms with Crippen molar-refractivity contribution in [3.05, 3.63) is 39.9 Å². The topological polar surface area (TPSA) is 101 Å². The molecule has 34 heavy (non-hydrogen) atoms. The predicted molar refractivity (Wildman–Crippen MR) is 126 cm³/mol. The molecular formula is C24H31N7O3. The molecule has 1 atom stereocenters. The highest BCUT2D eigenvalue weighted by Gasteiger charge is 2.34. The number of H-pyrrole nitrogens is 1. The van der Waals surface area contributed by atoms with Crippen LogP contribution in [0.15, 0.2) is 23.0 Å². The van der Waals surface area contributed by atoms with E-state index in [1.807, 2.05) is 22.9 Å². The monoisotopic (exact) mass is 465 g/mol. The van der Waals surface area contributed by atoms with Crippen molar-refractivity contribution in [2.45, 2.75) is 51.1 Å². The minimum Gasteiger partial charge on any atom is -0.454 e. The molecule has 3 aromatic rings. The van der Waals surface area contributed by atoms with Crippen LogP contribution in [0.2, 0.25) is 0 Å². The first-order valence-electron chi connectivity index (χ1n) is 12.4. The van der Waals surface area contributed by atoms with Gasteiger partial charge in [0.05, 0.1) is 11.6 Å². The number of pyridine rings is 1. The number of aromatic amines is 1. The maximum Gasteiger partial charge on any atom is 0.253 e. The molecule has 10 heteroatoms. The Labute approximate surface area is 197 Å². The molecule has 0 spiro atoms. The molecule has 6 rings (SSSR count). The molecule has 1 saturated heterocycles. The highest BCUT2D eigenvalue weighted by Crippen LogP contribution is 2.37. The van der Waals surface area contributed by atoms with E-state index in [0.717, 1.165) is 68.7 Å². The quantitative estimate of drug-likeness (QED) is 0.593. The first-order valence-corrected chi connectivity index (χ1v) is 12.4. The Morgan fingerprint density at radius 1 is 1.09 bits per heavy atom. The van der Waals surface area contributed by atoms with Crippen molar-refractivity contribution in [3.63, 3.8) is 0 Å². The Kier molecular flexibility index (Phi) is 5.70. The van der Waals surface area contributed by atoms with Crippen molar-refractivity contribution in [1.82, 2.24) is 35.0 Å². The van der Waals surface area contributed by atoms with Crippen LogP contribution in [0, 0.1) is 0 Å². The van der Waals surface area contributed by atoms with Gasteiger partial charge in [0.2, 0.25) is 6.79 Å². The van der Waals surface area contributed by atoms with E-state index in [2.05, 4.69) is 37.2 Å². The normalized spacial score (nSPS) is 20.4. The number of rotatable bonds is 6. The molecular weight excluding hydrogens is 434 g/mol. The highest BCUT2D eigenvalue weighted by molar-refractivity contribution is 5.83. The van der Waals surface area contributed by atoms with Gasteiger partial charge in [-0.15, -0.1) is 5.10 Å². The molecule has 0 bridgehead atoms. The average Bonchev–Trinajstić information content (AvgIpc) is 3.61. The van der Waals surface area contributed by atoms with E-state index in [9.17, 15) is 4.79 Å². The second kappa shape index (κ2) is 8.99. The first-order chi connectivity index (χ1) is 16.7. The van der Waals surface area contributed by atoms with Crippen LogP contribution in [0.5, 0.6) is 11.5 Å². The van der Waals surface area contributed by atoms with Gasteiger partial charge >= 0.3 is 0 Å². The van der Waals surface area contributed by atoms with Crippen LogP contribution in [0.3, 0.4) is 0 Å². The van der Waals surface area contributed by atoms with Gasteiger partial charge in [-0.1, -0.05) is 19.8 Å². The summed E-state index contributed by atoms with van der Waals surface area (Å²) < 4.78 is 13.1. The van der Waals surface area contributed by atoms with Crippen molar-refractivity contribution in [2.24, 2.45) is 0 Å². The van der Waals surface area contributed by atoms with E-state index >= 15 is 0 Å². The van der Waals surface area contributed by atoms with E-state index in [1.165, 1.54) is 12.8 Å². The van der Waals surface area contributed by atoms with E-state index < -0.39 is 0 Å². The molecule has 4 heterocycles. The van der Waals surface area contributed by atoms with Crippen LogP contribution >= 0.6 is 0 Å². The Morgan fingerprint density at radius 3 is 2.62 bits per heavy atom. The zero-order valence-corrected chi connectivity index (χ0v) is 19.6. The number of hydrogen-bond acceptors (Lipinski definition) is 8. The van der Waals surface area contributed by atoms with Crippen molar-refractivity contribution >= 4 is 10.9 Å². The van der Waals surface area contributed by atoms with Gasteiger partial charge in [-0.2, -0.15) is 0 Å². The van der Waals surface area contributed by atoms with Crippen molar-refractivity contribution in [2.75, 3.05) is 39.5 Å². The number of hydrogen-bond donors (Lipinski definition) is 1. The van der Waals surface area contributed by atoms with Crippen molar-refractivity contribution < 1.29 is 9.47 Å². The number of nitrogens with zero attached hydrogens (tertiary/aromatic N) is 6. The molecule has 1 saturated carbocycles. The summed E-state index contributed by atoms with van der Waals surface area (Å²) in [5, 5.41) is 13.9. The third-order valence-electron chi connectivity index (χ3n) is 7.41. The smallest absolute Gasteiger partial charge is 0.253 e. The second-order valence-electron chi connectivity index (χ2n) is 9.55. The third kappa shape index (κ3) is 3.84. The van der Waals surface area contributed by atoms with Crippen LogP contribution in [-0.4, -0.2) is 74.5 Å². The maximum atomic E-state index is 13.5. The van der Waals surface area contributed by atoms with Crippen LogP contribution in [0.25, 0.3) is 10.9 Å². The number of aromatic nitrogens is 5. The second-order valence-corrected chi connectivity index (χ2v) is 9.55. The molecule has 1 aliphatic carbocycles. The van der Waals surface area contributed by atoms with Gasteiger partial charge in [-0.25, -0.2) is 4.68 Å². The molecule has 0 amide bonds. The summed E-state index contributed by atoms with van der Waals surface area (Å²) in [5.74, 6) is 2.12. The Morgan fingerprint density at radius 2 is 1.85 bits per heavy atom. The fourth-order valence-electron chi connectivity index (χ4n) is 5.67. The number of tetrazole rings is 1. The molecule has 0 unspecified atom stereocenters. The number of ether oxygens (including phenoxy) is 2. The minimum atomic E-state index is -0.307. The fraction of sp³-hybridized carbons (Fsp3) is 0.583. The van der Waals surface area contributed by atoms with Crippen LogP contribution in [0.1, 0.15) is 62.5 Å². The predicted octanol–water partition coefficient (Wildman–Crippen LogP) is 2.48. The average molecular weight is 466 g/mol. The maximum absolute atomic E-state index is 13.5. The molecule has 2 fully saturated rings. The molecule has 10 nitrogen and oxygen atoms in total. The largest absolute Gasteiger partial charge is 0.454 e. The molecule has 2 aliphatic heterocycles. The summed E-state index contributed by atoms with van der Waals surface area (Å²) >= 11 is 0. The summed E-state index contributed by atoms with van der Waals surface area (Å²) in [4.78, 5) is 21.4. The van der Waals surface area contributed by atoms with Gasteiger partial charge in [0.15, 0.2) is 17.3 Å². The van der Waals surface area contributed by atoms with Crippen LogP contribution in [-0.2, 0) is 0 Å². The molecule has 1 N–H and O–H groups in total. The standard InChI is InChI=1S/C24H31N7O3/c1-2-7-29-8-10-30(11-9-29)22(23-26-27-28-31(23)17-5-3-4-6-17)18-12-16-13-20-21(34-15-33-20)14-19(16)25-24(18)32/h12-14,17,22H,2-11,15H2,1H3,(H,25,32)/t22-/m1/s1. The summed E-state index contributed by atoms with van der Waals surface area (Å²) in [6.45, 7) is 7.18. The van der Waals surface area contributed by atoms with E-state index in [0.29, 0.717) is 23.1 Å². The van der Waals surface area contributed by atoms with Gasteiger partial charge < -0.3 is 19.4 Å². The summed E-state index contributed by atoms with van der Waals surface area (Å²) in [5.41, 5.74) is 1.29. The van der Waals surface area contributed by atoms with Crippen molar-refractivity contribution in [1.29, 1.82) is 0 Å². The van der Waals surface area contributed by atoms with Crippen LogP contribution in [0.4, 0.5) is 0 Å². The lowest BCUT2D eigenvalue weighted by atomic mass is 10.0. The summed E-state index contributed by atoms with van der Waals surface area (Å²) in [7, 11) is 0. The first kappa shape index (κ1) is 21.5. The van der Waals surface area contributed by atoms with Gasteiger partial charge in [0.1, 0.15) is 6.04 Å². The number of benzene rings is 1. The molecule has 0 radical (unpaired) electrons. The lowest BCUT2D eigenvalue weighted by molar-refractivity contribution is 0.103. The lowest BCUT2D eigenvalue weighted by Gasteiger charge is -2.38. The number of fused-ring (bicyclic) bond motifs is 2. The zero-order chi connectivity index (χ0) is 23.1. The number of nitrogens with one attached hydrogen (secondary N) is 1. The van der Waals surface area contributed by atoms with E-state index in [-0.39, 0.29) is 18.4 Å². The van der Waals surface area contributed by atoms with Crippen molar-refractivity contribution in [3.8, 4) is 11.5 Å². The van der Waals surface area contributed by atoms with Crippen LogP contribution < -0.4 is 15.0 Å². The Bertz CT molecular complexity index is 1230. The molecule has 2 aromatic heterocycles. The summed E-state index contributed by atoms with van der Waals surface area (Å²) in [6, 6.07) is 5.74. The Hall–Kier alpha value is -2.98. The Balaban J connectivity index is 1.43. The molecule has 1 aromatic carbocycles. The van der Waals surface area contributed by atoms with E-state index in [4.69, 9.17) is 9.47 Å². The molecule has 3 aliphatic rings.